The normalized spacial score (nSPS) is 15.2. The van der Waals surface area contributed by atoms with Crippen LogP contribution in [0, 0.1) is 6.92 Å². The summed E-state index contributed by atoms with van der Waals surface area (Å²) in [6, 6.07) is 13.1. The zero-order valence-electron chi connectivity index (χ0n) is 13.7. The van der Waals surface area contributed by atoms with Crippen molar-refractivity contribution in [2.75, 3.05) is 12.4 Å². The van der Waals surface area contributed by atoms with E-state index < -0.39 is 6.23 Å². The van der Waals surface area contributed by atoms with Crippen LogP contribution in [0.4, 0.5) is 5.69 Å². The number of methoxy groups -OCH3 is 1. The average molecular weight is 336 g/mol. The maximum atomic E-state index is 10.3. The summed E-state index contributed by atoms with van der Waals surface area (Å²) in [5.41, 5.74) is 3.76. The van der Waals surface area contributed by atoms with Gasteiger partial charge in [-0.1, -0.05) is 34.9 Å². The third-order valence-corrected chi connectivity index (χ3v) is 3.98. The molecule has 1 unspecified atom stereocenters. The molecule has 126 valence electrons. The van der Waals surface area contributed by atoms with Crippen LogP contribution in [-0.2, 0) is 0 Å². The van der Waals surface area contributed by atoms with E-state index in [1.165, 1.54) is 7.11 Å². The molecule has 7 heteroatoms. The summed E-state index contributed by atoms with van der Waals surface area (Å²) < 4.78 is 11.1. The molecular weight excluding hydrogens is 320 g/mol. The van der Waals surface area contributed by atoms with Gasteiger partial charge in [-0.3, -0.25) is 0 Å². The van der Waals surface area contributed by atoms with E-state index in [1.807, 2.05) is 43.3 Å². The first kappa shape index (κ1) is 15.2. The number of rotatable bonds is 2. The highest BCUT2D eigenvalue weighted by Crippen LogP contribution is 2.40. The van der Waals surface area contributed by atoms with Crippen molar-refractivity contribution in [2.45, 2.75) is 13.2 Å². The van der Waals surface area contributed by atoms with Gasteiger partial charge in [0.15, 0.2) is 5.69 Å². The Hall–Kier alpha value is -3.35. The highest BCUT2D eigenvalue weighted by Gasteiger charge is 2.27. The van der Waals surface area contributed by atoms with Crippen molar-refractivity contribution in [3.05, 3.63) is 53.6 Å². The fourth-order valence-electron chi connectivity index (χ4n) is 2.76. The molecule has 0 spiro atoms. The maximum absolute atomic E-state index is 10.3. The van der Waals surface area contributed by atoms with Gasteiger partial charge in [-0.05, 0) is 25.1 Å². The van der Waals surface area contributed by atoms with Crippen molar-refractivity contribution in [1.29, 1.82) is 0 Å². The highest BCUT2D eigenvalue weighted by molar-refractivity contribution is 5.79. The number of phenols is 1. The topological polar surface area (TPSA) is 89.4 Å². The number of ether oxygens (including phenoxy) is 2. The monoisotopic (exact) mass is 336 g/mol. The summed E-state index contributed by atoms with van der Waals surface area (Å²) in [5.74, 6) is 0.424. The second kappa shape index (κ2) is 5.94. The molecule has 0 bridgehead atoms. The van der Waals surface area contributed by atoms with E-state index in [0.717, 1.165) is 16.8 Å². The van der Waals surface area contributed by atoms with Gasteiger partial charge in [0.05, 0.1) is 12.7 Å². The molecule has 4 rings (SSSR count). The van der Waals surface area contributed by atoms with E-state index in [2.05, 4.69) is 20.5 Å². The van der Waals surface area contributed by atoms with Gasteiger partial charge >= 0.3 is 6.01 Å². The minimum atomic E-state index is -0.635. The molecule has 1 atom stereocenters. The van der Waals surface area contributed by atoms with Crippen molar-refractivity contribution in [3.63, 3.8) is 0 Å². The summed E-state index contributed by atoms with van der Waals surface area (Å²) >= 11 is 0. The van der Waals surface area contributed by atoms with Crippen LogP contribution in [0.1, 0.15) is 17.4 Å². The molecule has 0 radical (unpaired) electrons. The number of nitrogens with zero attached hydrogens (tertiary/aromatic N) is 3. The summed E-state index contributed by atoms with van der Waals surface area (Å²) in [6.45, 7) is 1.95. The van der Waals surface area contributed by atoms with E-state index in [0.29, 0.717) is 11.3 Å². The number of hydrogen-bond donors (Lipinski definition) is 2. The maximum Gasteiger partial charge on any atom is 0.338 e. The average Bonchev–Trinajstić information content (AvgIpc) is 2.79. The second-order valence-electron chi connectivity index (χ2n) is 5.70. The van der Waals surface area contributed by atoms with Crippen molar-refractivity contribution in [2.24, 2.45) is 0 Å². The number of aryl methyl sites for hydroxylation is 1. The zero-order valence-corrected chi connectivity index (χ0v) is 13.7. The van der Waals surface area contributed by atoms with Gasteiger partial charge < -0.3 is 19.9 Å². The van der Waals surface area contributed by atoms with Gasteiger partial charge in [-0.15, -0.1) is 5.10 Å². The quantitative estimate of drug-likeness (QED) is 0.743. The molecule has 25 heavy (non-hydrogen) atoms. The number of fused-ring (bicyclic) bond motifs is 3. The molecule has 1 aliphatic heterocycles. The molecule has 2 N–H and O–H groups in total. The van der Waals surface area contributed by atoms with Gasteiger partial charge in [-0.25, -0.2) is 0 Å². The van der Waals surface area contributed by atoms with Crippen LogP contribution in [0.25, 0.3) is 11.3 Å². The third kappa shape index (κ3) is 2.69. The van der Waals surface area contributed by atoms with E-state index in [9.17, 15) is 5.11 Å². The Balaban J connectivity index is 1.89. The minimum absolute atomic E-state index is 0.116. The lowest BCUT2D eigenvalue weighted by Crippen LogP contribution is -2.17. The summed E-state index contributed by atoms with van der Waals surface area (Å²) in [5, 5.41) is 21.7. The molecule has 1 aliphatic rings. The highest BCUT2D eigenvalue weighted by atomic mass is 16.5. The molecule has 0 fully saturated rings. The Labute approximate surface area is 144 Å². The molecule has 0 amide bonds. The largest absolute Gasteiger partial charge is 0.507 e. The lowest BCUT2D eigenvalue weighted by Gasteiger charge is -2.20. The lowest BCUT2D eigenvalue weighted by atomic mass is 10.1. The first-order valence-corrected chi connectivity index (χ1v) is 7.76. The Bertz CT molecular complexity index is 945. The fourth-order valence-corrected chi connectivity index (χ4v) is 2.76. The Morgan fingerprint density at radius 2 is 2.00 bits per heavy atom. The Morgan fingerprint density at radius 3 is 2.84 bits per heavy atom. The van der Waals surface area contributed by atoms with Crippen LogP contribution in [0.15, 0.2) is 42.5 Å². The molecule has 2 heterocycles. The van der Waals surface area contributed by atoms with E-state index in [4.69, 9.17) is 9.47 Å². The first-order valence-electron chi connectivity index (χ1n) is 7.76. The smallest absolute Gasteiger partial charge is 0.338 e. The van der Waals surface area contributed by atoms with E-state index in [1.54, 1.807) is 6.07 Å². The summed E-state index contributed by atoms with van der Waals surface area (Å²) in [7, 11) is 1.47. The molecule has 3 aromatic rings. The molecule has 0 aliphatic carbocycles. The molecule has 1 aromatic heterocycles. The number of benzene rings is 2. The molecule has 7 nitrogen and oxygen atoms in total. The van der Waals surface area contributed by atoms with E-state index in [-0.39, 0.29) is 17.6 Å². The molecular formula is C18H16N4O3. The predicted molar refractivity (Wildman–Crippen MR) is 91.7 cm³/mol. The number of para-hydroxylation sites is 1. The van der Waals surface area contributed by atoms with Crippen LogP contribution >= 0.6 is 0 Å². The van der Waals surface area contributed by atoms with Gasteiger partial charge in [0.25, 0.3) is 0 Å². The van der Waals surface area contributed by atoms with Crippen LogP contribution in [-0.4, -0.2) is 27.4 Å². The number of phenolic OH excluding ortho intramolecular Hbond substituents is 1. The fraction of sp³-hybridized carbons (Fsp3) is 0.167. The standard InChI is InChI=1S/C18H16N4O3/c1-10-7-8-14(23)12(9-10)16-19-13-6-4-3-5-11(13)15-17(25-16)20-18(24-2)22-21-15/h3-9,16,19,23H,1-2H3. The van der Waals surface area contributed by atoms with Crippen molar-refractivity contribution in [3.8, 4) is 28.9 Å². The van der Waals surface area contributed by atoms with Crippen molar-refractivity contribution < 1.29 is 14.6 Å². The summed E-state index contributed by atoms with van der Waals surface area (Å²) in [6.07, 6.45) is -0.635. The van der Waals surface area contributed by atoms with Crippen molar-refractivity contribution >= 4 is 5.69 Å². The van der Waals surface area contributed by atoms with Crippen LogP contribution in [0.2, 0.25) is 0 Å². The number of anilines is 1. The third-order valence-electron chi connectivity index (χ3n) is 3.98. The lowest BCUT2D eigenvalue weighted by molar-refractivity contribution is 0.218. The summed E-state index contributed by atoms with van der Waals surface area (Å²) in [4.78, 5) is 4.28. The predicted octanol–water partition coefficient (Wildman–Crippen LogP) is 3.06. The molecule has 2 aromatic carbocycles. The van der Waals surface area contributed by atoms with Crippen LogP contribution in [0.3, 0.4) is 0 Å². The van der Waals surface area contributed by atoms with E-state index >= 15 is 0 Å². The van der Waals surface area contributed by atoms with Gasteiger partial charge in [0.2, 0.25) is 12.1 Å². The van der Waals surface area contributed by atoms with Gasteiger partial charge in [-0.2, -0.15) is 4.98 Å². The zero-order chi connectivity index (χ0) is 17.4. The number of nitrogens with one attached hydrogen (secondary N) is 1. The molecule has 0 saturated heterocycles. The molecule has 0 saturated carbocycles. The number of hydrogen-bond acceptors (Lipinski definition) is 7. The number of aromatic nitrogens is 3. The Morgan fingerprint density at radius 1 is 1.16 bits per heavy atom. The van der Waals surface area contributed by atoms with Crippen molar-refractivity contribution in [1.82, 2.24) is 15.2 Å². The number of aromatic hydroxyl groups is 1. The van der Waals surface area contributed by atoms with Crippen LogP contribution in [0.5, 0.6) is 17.6 Å². The minimum Gasteiger partial charge on any atom is -0.507 e. The SMILES string of the molecule is COc1nnc2c(n1)OC(c1cc(C)ccc1O)Nc1ccccc1-2. The van der Waals surface area contributed by atoms with Gasteiger partial charge in [0.1, 0.15) is 5.75 Å². The first-order chi connectivity index (χ1) is 12.2. The van der Waals surface area contributed by atoms with Crippen LogP contribution < -0.4 is 14.8 Å². The Kier molecular flexibility index (Phi) is 3.61. The second-order valence-corrected chi connectivity index (χ2v) is 5.70. The van der Waals surface area contributed by atoms with Gasteiger partial charge in [0, 0.05) is 11.3 Å².